The maximum absolute atomic E-state index is 14.2. The summed E-state index contributed by atoms with van der Waals surface area (Å²) in [4.78, 5) is 40.0. The molecule has 0 aromatic carbocycles. The molecule has 192 valence electrons. The van der Waals surface area contributed by atoms with E-state index in [0.29, 0.717) is 18.5 Å². The average molecular weight is 482 g/mol. The summed E-state index contributed by atoms with van der Waals surface area (Å²) in [6.45, 7) is 15.2. The molecule has 0 bridgehead atoms. The van der Waals surface area contributed by atoms with Crippen LogP contribution < -0.4 is 5.73 Å². The van der Waals surface area contributed by atoms with Crippen molar-refractivity contribution in [2.75, 3.05) is 0 Å². The molecule has 5 heteroatoms. The van der Waals surface area contributed by atoms with Crippen molar-refractivity contribution in [1.29, 1.82) is 0 Å². The van der Waals surface area contributed by atoms with Crippen molar-refractivity contribution >= 4 is 17.5 Å². The van der Waals surface area contributed by atoms with Gasteiger partial charge in [-0.2, -0.15) is 0 Å². The number of nitrogens with two attached hydrogens (primary N) is 1. The van der Waals surface area contributed by atoms with Gasteiger partial charge in [0.15, 0.2) is 11.6 Å². The number of carboxylic acid groups (broad SMARTS) is 1. The summed E-state index contributed by atoms with van der Waals surface area (Å²) in [5.74, 6) is -0.982. The van der Waals surface area contributed by atoms with Gasteiger partial charge in [0.1, 0.15) is 0 Å². The van der Waals surface area contributed by atoms with Crippen LogP contribution in [-0.2, 0) is 14.4 Å². The number of allylic oxidation sites excluding steroid dienone is 4. The molecule has 3 fully saturated rings. The Bertz CT molecular complexity index is 1100. The van der Waals surface area contributed by atoms with Crippen LogP contribution in [0.5, 0.6) is 0 Å². The minimum absolute atomic E-state index is 0.00347. The lowest BCUT2D eigenvalue weighted by Crippen LogP contribution is -2.65. The van der Waals surface area contributed by atoms with Crippen molar-refractivity contribution in [2.24, 2.45) is 56.0 Å². The third kappa shape index (κ3) is 2.84. The highest BCUT2D eigenvalue weighted by molar-refractivity contribution is 6.01. The maximum atomic E-state index is 14.2. The van der Waals surface area contributed by atoms with Gasteiger partial charge in [-0.15, -0.1) is 0 Å². The van der Waals surface area contributed by atoms with E-state index in [2.05, 4.69) is 34.6 Å². The monoisotopic (exact) mass is 481 g/mol. The van der Waals surface area contributed by atoms with Gasteiger partial charge in [0.05, 0.1) is 11.1 Å². The van der Waals surface area contributed by atoms with E-state index in [1.165, 1.54) is 0 Å². The minimum Gasteiger partial charge on any atom is -0.481 e. The first-order chi connectivity index (χ1) is 16.0. The molecule has 5 nitrogen and oxygen atoms in total. The number of carboxylic acids is 1. The lowest BCUT2D eigenvalue weighted by molar-refractivity contribution is -0.188. The fourth-order valence-electron chi connectivity index (χ4n) is 9.97. The standard InChI is InChI=1S/C30H43NO4/c1-25(2)10-12-30(24(34)35)13-11-29(7)22(17(30)15-25)19(32)14-21-27(5)16-18(31)23(33)26(3,4)20(27)8-9-28(21,29)6/h14,16-17,20,22H,8-13,15,31H2,1-7H3,(H,34,35)/t17-,20?,22?,27-,28+,29+,30-/m0/s1. The molecule has 2 unspecified atom stereocenters. The Kier molecular flexibility index (Phi) is 4.88. The number of Topliss-reactive ketones (excluding diaryl/α,β-unsaturated/α-hetero) is 1. The van der Waals surface area contributed by atoms with Gasteiger partial charge in [0.25, 0.3) is 0 Å². The molecule has 0 aliphatic heterocycles. The van der Waals surface area contributed by atoms with Crippen molar-refractivity contribution in [3.63, 3.8) is 0 Å². The minimum atomic E-state index is -0.804. The summed E-state index contributed by atoms with van der Waals surface area (Å²) in [5.41, 5.74) is 5.33. The zero-order chi connectivity index (χ0) is 26.0. The molecule has 35 heavy (non-hydrogen) atoms. The maximum Gasteiger partial charge on any atom is 0.309 e. The molecule has 0 aromatic rings. The Morgan fingerprint density at radius 1 is 0.971 bits per heavy atom. The van der Waals surface area contributed by atoms with Crippen molar-refractivity contribution in [3.8, 4) is 0 Å². The summed E-state index contributed by atoms with van der Waals surface area (Å²) in [6.07, 6.45) is 9.31. The first-order valence-corrected chi connectivity index (χ1v) is 13.5. The van der Waals surface area contributed by atoms with E-state index in [1.54, 1.807) is 0 Å². The Morgan fingerprint density at radius 3 is 2.23 bits per heavy atom. The van der Waals surface area contributed by atoms with Crippen molar-refractivity contribution in [3.05, 3.63) is 23.4 Å². The van der Waals surface area contributed by atoms with Crippen LogP contribution in [0.1, 0.15) is 93.4 Å². The molecule has 0 saturated heterocycles. The van der Waals surface area contributed by atoms with Crippen LogP contribution in [0.15, 0.2) is 23.4 Å². The van der Waals surface area contributed by atoms with Crippen molar-refractivity contribution < 1.29 is 19.5 Å². The van der Waals surface area contributed by atoms with E-state index in [9.17, 15) is 19.5 Å². The molecule has 3 saturated carbocycles. The smallest absolute Gasteiger partial charge is 0.309 e. The van der Waals surface area contributed by atoms with Gasteiger partial charge in [-0.25, -0.2) is 0 Å². The second-order valence-corrected chi connectivity index (χ2v) is 14.6. The second kappa shape index (κ2) is 6.89. The number of aliphatic carboxylic acids is 1. The van der Waals surface area contributed by atoms with E-state index < -0.39 is 22.2 Å². The van der Waals surface area contributed by atoms with Crippen LogP contribution >= 0.6 is 0 Å². The number of carbonyl (C=O) groups excluding carboxylic acids is 2. The van der Waals surface area contributed by atoms with Crippen LogP contribution in [-0.4, -0.2) is 22.6 Å². The molecule has 5 aliphatic carbocycles. The number of hydrogen-bond donors (Lipinski definition) is 2. The predicted molar refractivity (Wildman–Crippen MR) is 135 cm³/mol. The average Bonchev–Trinajstić information content (AvgIpc) is 2.73. The van der Waals surface area contributed by atoms with Gasteiger partial charge in [-0.1, -0.05) is 54.0 Å². The first-order valence-electron chi connectivity index (χ1n) is 13.5. The Balaban J connectivity index is 1.70. The molecule has 0 radical (unpaired) electrons. The largest absolute Gasteiger partial charge is 0.481 e. The molecule has 0 heterocycles. The SMILES string of the molecule is CC1(C)CC[C@]2(C(=O)O)CC[C@]3(C)C(C(=O)C=C4[C@@]5(C)C=C(N)C(=O)C(C)(C)C5CC[C@]43C)[C@@H]2C1. The molecule has 7 atom stereocenters. The lowest BCUT2D eigenvalue weighted by atomic mass is 9.34. The second-order valence-electron chi connectivity index (χ2n) is 14.6. The number of carbonyl (C=O) groups is 3. The summed E-state index contributed by atoms with van der Waals surface area (Å²) < 4.78 is 0. The van der Waals surface area contributed by atoms with E-state index >= 15 is 0 Å². The van der Waals surface area contributed by atoms with Gasteiger partial charge in [-0.05, 0) is 85.2 Å². The highest BCUT2D eigenvalue weighted by atomic mass is 16.4. The predicted octanol–water partition coefficient (Wildman–Crippen LogP) is 5.68. The zero-order valence-corrected chi connectivity index (χ0v) is 22.6. The van der Waals surface area contributed by atoms with E-state index in [1.807, 2.05) is 26.0 Å². The fourth-order valence-corrected chi connectivity index (χ4v) is 9.97. The van der Waals surface area contributed by atoms with Crippen LogP contribution in [0.2, 0.25) is 0 Å². The van der Waals surface area contributed by atoms with Crippen LogP contribution in [0.4, 0.5) is 0 Å². The van der Waals surface area contributed by atoms with E-state index in [4.69, 9.17) is 5.73 Å². The number of fused-ring (bicyclic) bond motifs is 7. The van der Waals surface area contributed by atoms with Crippen LogP contribution in [0.25, 0.3) is 0 Å². The van der Waals surface area contributed by atoms with Crippen molar-refractivity contribution in [2.45, 2.75) is 93.4 Å². The third-order valence-corrected chi connectivity index (χ3v) is 12.2. The molecule has 0 amide bonds. The molecule has 5 rings (SSSR count). The molecule has 5 aliphatic rings. The van der Waals surface area contributed by atoms with Crippen molar-refractivity contribution in [1.82, 2.24) is 0 Å². The topological polar surface area (TPSA) is 97.5 Å². The molecule has 0 spiro atoms. The highest BCUT2D eigenvalue weighted by Crippen LogP contribution is 2.74. The number of rotatable bonds is 1. The first kappa shape index (κ1) is 24.8. The third-order valence-electron chi connectivity index (χ3n) is 12.2. The highest BCUT2D eigenvalue weighted by Gasteiger charge is 2.70. The van der Waals surface area contributed by atoms with Gasteiger partial charge in [0, 0.05) is 16.7 Å². The summed E-state index contributed by atoms with van der Waals surface area (Å²) >= 11 is 0. The van der Waals surface area contributed by atoms with Crippen LogP contribution in [0.3, 0.4) is 0 Å². The summed E-state index contributed by atoms with van der Waals surface area (Å²) in [6, 6.07) is 0. The van der Waals surface area contributed by atoms with E-state index in [0.717, 1.165) is 37.7 Å². The Hall–Kier alpha value is -1.91. The van der Waals surface area contributed by atoms with Crippen LogP contribution in [0, 0.1) is 50.2 Å². The summed E-state index contributed by atoms with van der Waals surface area (Å²) in [7, 11) is 0. The normalized spacial score (nSPS) is 47.9. The number of ketones is 2. The molecular formula is C30H43NO4. The van der Waals surface area contributed by atoms with Gasteiger partial charge in [0.2, 0.25) is 0 Å². The van der Waals surface area contributed by atoms with Gasteiger partial charge >= 0.3 is 5.97 Å². The molecular weight excluding hydrogens is 438 g/mol. The molecule has 3 N–H and O–H groups in total. The summed E-state index contributed by atoms with van der Waals surface area (Å²) in [5, 5.41) is 10.5. The Labute approximate surface area is 210 Å². The fraction of sp³-hybridized carbons (Fsp3) is 0.767. The quantitative estimate of drug-likeness (QED) is 0.502. The Morgan fingerprint density at radius 2 is 1.60 bits per heavy atom. The lowest BCUT2D eigenvalue weighted by Gasteiger charge is -2.68. The number of hydrogen-bond acceptors (Lipinski definition) is 4. The molecule has 0 aromatic heterocycles. The zero-order valence-electron chi connectivity index (χ0n) is 22.6. The van der Waals surface area contributed by atoms with E-state index in [-0.39, 0.29) is 45.6 Å². The van der Waals surface area contributed by atoms with Gasteiger partial charge < -0.3 is 10.8 Å². The van der Waals surface area contributed by atoms with Gasteiger partial charge in [-0.3, -0.25) is 14.4 Å².